The van der Waals surface area contributed by atoms with Gasteiger partial charge in [-0.15, -0.1) is 0 Å². The molecule has 1 aliphatic rings. The molecule has 1 fully saturated rings. The highest BCUT2D eigenvalue weighted by atomic mass is 32.2. The predicted molar refractivity (Wildman–Crippen MR) is 70.7 cm³/mol. The Balaban J connectivity index is 2.78. The minimum Gasteiger partial charge on any atom is -0.355 e. The van der Waals surface area contributed by atoms with Crippen LogP contribution in [0.15, 0.2) is 0 Å². The number of sulfonamides is 1. The molecule has 7 heteroatoms. The molecular weight excluding hydrogens is 254 g/mol. The highest BCUT2D eigenvalue weighted by molar-refractivity contribution is 7.89. The second-order valence-electron chi connectivity index (χ2n) is 4.39. The van der Waals surface area contributed by atoms with Gasteiger partial charge in [0.05, 0.1) is 5.75 Å². The van der Waals surface area contributed by atoms with Crippen LogP contribution in [0.25, 0.3) is 0 Å². The first-order valence-corrected chi connectivity index (χ1v) is 8.11. The van der Waals surface area contributed by atoms with Gasteiger partial charge in [-0.05, 0) is 13.3 Å². The molecule has 1 heterocycles. The lowest BCUT2D eigenvalue weighted by Gasteiger charge is -2.34. The van der Waals surface area contributed by atoms with Crippen LogP contribution in [0.5, 0.6) is 0 Å². The Bertz CT molecular complexity index is 370. The van der Waals surface area contributed by atoms with Crippen molar-refractivity contribution in [2.45, 2.75) is 32.7 Å². The van der Waals surface area contributed by atoms with Gasteiger partial charge in [0.25, 0.3) is 0 Å². The van der Waals surface area contributed by atoms with Gasteiger partial charge < -0.3 is 10.6 Å². The number of piperazine rings is 1. The average molecular weight is 277 g/mol. The van der Waals surface area contributed by atoms with Crippen LogP contribution in [0.3, 0.4) is 0 Å². The van der Waals surface area contributed by atoms with Gasteiger partial charge in [-0.2, -0.15) is 4.31 Å². The largest absolute Gasteiger partial charge is 0.355 e. The van der Waals surface area contributed by atoms with E-state index >= 15 is 0 Å². The smallest absolute Gasteiger partial charge is 0.239 e. The Morgan fingerprint density at radius 3 is 2.78 bits per heavy atom. The number of carbonyl (C=O) groups excluding carboxylic acids is 1. The topological polar surface area (TPSA) is 78.5 Å². The van der Waals surface area contributed by atoms with Crippen LogP contribution in [-0.2, 0) is 14.8 Å². The number of unbranched alkanes of at least 4 members (excludes halogenated alkanes) is 1. The van der Waals surface area contributed by atoms with Crippen molar-refractivity contribution in [2.24, 2.45) is 0 Å². The van der Waals surface area contributed by atoms with Gasteiger partial charge in [0.1, 0.15) is 6.04 Å². The number of nitrogens with one attached hydrogen (secondary N) is 2. The van der Waals surface area contributed by atoms with Crippen molar-refractivity contribution in [3.05, 3.63) is 0 Å². The molecule has 1 rings (SSSR count). The van der Waals surface area contributed by atoms with Gasteiger partial charge in [0.2, 0.25) is 15.9 Å². The van der Waals surface area contributed by atoms with E-state index < -0.39 is 16.1 Å². The highest BCUT2D eigenvalue weighted by Crippen LogP contribution is 2.12. The first-order chi connectivity index (χ1) is 8.53. The van der Waals surface area contributed by atoms with E-state index in [1.54, 1.807) is 0 Å². The third-order valence-corrected chi connectivity index (χ3v) is 4.92. The number of amides is 1. The summed E-state index contributed by atoms with van der Waals surface area (Å²) >= 11 is 0. The number of hydrogen-bond donors (Lipinski definition) is 2. The van der Waals surface area contributed by atoms with Gasteiger partial charge in [-0.25, -0.2) is 8.42 Å². The minimum atomic E-state index is -3.33. The molecule has 1 aliphatic heterocycles. The molecule has 6 nitrogen and oxygen atoms in total. The van der Waals surface area contributed by atoms with Crippen molar-refractivity contribution in [2.75, 3.05) is 31.9 Å². The van der Waals surface area contributed by atoms with E-state index in [0.29, 0.717) is 32.6 Å². The van der Waals surface area contributed by atoms with E-state index in [4.69, 9.17) is 0 Å². The van der Waals surface area contributed by atoms with Gasteiger partial charge in [-0.1, -0.05) is 13.3 Å². The first kappa shape index (κ1) is 15.4. The number of rotatable bonds is 6. The molecule has 0 aromatic rings. The number of nitrogens with zero attached hydrogens (tertiary/aromatic N) is 1. The Kier molecular flexibility index (Phi) is 6.04. The molecule has 0 bridgehead atoms. The molecule has 1 unspecified atom stereocenters. The van der Waals surface area contributed by atoms with E-state index in [1.165, 1.54) is 4.31 Å². The maximum absolute atomic E-state index is 12.2. The monoisotopic (exact) mass is 277 g/mol. The lowest BCUT2D eigenvalue weighted by atomic mass is 10.2. The van der Waals surface area contributed by atoms with E-state index in [2.05, 4.69) is 10.6 Å². The van der Waals surface area contributed by atoms with Crippen LogP contribution in [-0.4, -0.2) is 56.6 Å². The summed E-state index contributed by atoms with van der Waals surface area (Å²) in [5.41, 5.74) is 0. The standard InChI is InChI=1S/C11H23N3O3S/c1-3-5-8-18(16,17)14-7-6-12-9-10(14)11(15)13-4-2/h10,12H,3-9H2,1-2H3,(H,13,15). The fourth-order valence-corrected chi connectivity index (χ4v) is 3.79. The molecule has 106 valence electrons. The summed E-state index contributed by atoms with van der Waals surface area (Å²) in [6.07, 6.45) is 1.46. The summed E-state index contributed by atoms with van der Waals surface area (Å²) in [6.45, 7) is 5.64. The Hall–Kier alpha value is -0.660. The predicted octanol–water partition coefficient (Wildman–Crippen LogP) is -0.474. The van der Waals surface area contributed by atoms with Gasteiger partial charge in [-0.3, -0.25) is 4.79 Å². The maximum atomic E-state index is 12.2. The van der Waals surface area contributed by atoms with Crippen LogP contribution >= 0.6 is 0 Å². The zero-order valence-corrected chi connectivity index (χ0v) is 11.9. The van der Waals surface area contributed by atoms with Crippen molar-refractivity contribution in [1.29, 1.82) is 0 Å². The molecule has 0 aromatic heterocycles. The molecule has 2 N–H and O–H groups in total. The van der Waals surface area contributed by atoms with Crippen molar-refractivity contribution in [1.82, 2.24) is 14.9 Å². The van der Waals surface area contributed by atoms with Gasteiger partial charge >= 0.3 is 0 Å². The lowest BCUT2D eigenvalue weighted by Crippen LogP contribution is -2.59. The molecule has 0 radical (unpaired) electrons. The number of likely N-dealkylation sites (N-methyl/N-ethyl adjacent to an activating group) is 1. The molecule has 0 aromatic carbocycles. The van der Waals surface area contributed by atoms with Crippen molar-refractivity contribution >= 4 is 15.9 Å². The second-order valence-corrected chi connectivity index (χ2v) is 6.44. The molecule has 0 saturated carbocycles. The van der Waals surface area contributed by atoms with Crippen LogP contribution in [0, 0.1) is 0 Å². The first-order valence-electron chi connectivity index (χ1n) is 6.50. The summed E-state index contributed by atoms with van der Waals surface area (Å²) in [5, 5.41) is 5.75. The molecule has 0 aliphatic carbocycles. The Labute approximate surface area is 109 Å². The second kappa shape index (κ2) is 7.06. The van der Waals surface area contributed by atoms with Gasteiger partial charge in [0, 0.05) is 26.2 Å². The molecular formula is C11H23N3O3S. The Morgan fingerprint density at radius 1 is 1.44 bits per heavy atom. The fraction of sp³-hybridized carbons (Fsp3) is 0.909. The molecule has 0 spiro atoms. The van der Waals surface area contributed by atoms with Crippen molar-refractivity contribution < 1.29 is 13.2 Å². The molecule has 18 heavy (non-hydrogen) atoms. The zero-order valence-electron chi connectivity index (χ0n) is 11.1. The van der Waals surface area contributed by atoms with E-state index in [9.17, 15) is 13.2 Å². The molecule has 1 amide bonds. The molecule has 1 atom stereocenters. The van der Waals surface area contributed by atoms with Crippen LogP contribution in [0.4, 0.5) is 0 Å². The summed E-state index contributed by atoms with van der Waals surface area (Å²) in [6, 6.07) is -0.611. The van der Waals surface area contributed by atoms with Crippen LogP contribution < -0.4 is 10.6 Å². The lowest BCUT2D eigenvalue weighted by molar-refractivity contribution is -0.125. The third kappa shape index (κ3) is 3.93. The fourth-order valence-electron chi connectivity index (χ4n) is 1.98. The average Bonchev–Trinajstić information content (AvgIpc) is 2.37. The van der Waals surface area contributed by atoms with Crippen LogP contribution in [0.1, 0.15) is 26.7 Å². The minimum absolute atomic E-state index is 0.124. The number of hydrogen-bond acceptors (Lipinski definition) is 4. The zero-order chi connectivity index (χ0) is 13.6. The highest BCUT2D eigenvalue weighted by Gasteiger charge is 2.35. The van der Waals surface area contributed by atoms with Crippen molar-refractivity contribution in [3.8, 4) is 0 Å². The number of carbonyl (C=O) groups is 1. The van der Waals surface area contributed by atoms with E-state index in [1.807, 2.05) is 13.8 Å². The molecule has 1 saturated heterocycles. The maximum Gasteiger partial charge on any atom is 0.239 e. The summed E-state index contributed by atoms with van der Waals surface area (Å²) in [4.78, 5) is 11.9. The Morgan fingerprint density at radius 2 is 2.17 bits per heavy atom. The van der Waals surface area contributed by atoms with E-state index in [0.717, 1.165) is 6.42 Å². The van der Waals surface area contributed by atoms with Crippen molar-refractivity contribution in [3.63, 3.8) is 0 Å². The van der Waals surface area contributed by atoms with Crippen LogP contribution in [0.2, 0.25) is 0 Å². The van der Waals surface area contributed by atoms with Gasteiger partial charge in [0.15, 0.2) is 0 Å². The third-order valence-electron chi connectivity index (χ3n) is 2.96. The summed E-state index contributed by atoms with van der Waals surface area (Å²) in [5.74, 6) is -0.0934. The quantitative estimate of drug-likeness (QED) is 0.688. The summed E-state index contributed by atoms with van der Waals surface area (Å²) in [7, 11) is -3.33. The SMILES string of the molecule is CCCCS(=O)(=O)N1CCNCC1C(=O)NCC. The van der Waals surface area contributed by atoms with E-state index in [-0.39, 0.29) is 11.7 Å². The summed E-state index contributed by atoms with van der Waals surface area (Å²) < 4.78 is 25.7. The normalized spacial score (nSPS) is 21.8.